The largest absolute Gasteiger partial charge is 0.339 e. The summed E-state index contributed by atoms with van der Waals surface area (Å²) in [5.74, 6) is -0.287. The van der Waals surface area contributed by atoms with Crippen LogP contribution in [0.15, 0.2) is 35.4 Å². The summed E-state index contributed by atoms with van der Waals surface area (Å²) in [7, 11) is -3.37. The summed E-state index contributed by atoms with van der Waals surface area (Å²) >= 11 is 11.6. The zero-order valence-corrected chi connectivity index (χ0v) is 12.5. The average molecular weight is 335 g/mol. The van der Waals surface area contributed by atoms with E-state index in [1.54, 1.807) is 0 Å². The molecule has 2 rings (SSSR count). The fourth-order valence-corrected chi connectivity index (χ4v) is 2.46. The summed E-state index contributed by atoms with van der Waals surface area (Å²) in [6.45, 7) is 0. The van der Waals surface area contributed by atoms with Crippen molar-refractivity contribution in [1.82, 2.24) is 4.98 Å². The van der Waals surface area contributed by atoms with Crippen LogP contribution in [0.5, 0.6) is 0 Å². The Morgan fingerprint density at radius 3 is 2.45 bits per heavy atom. The molecule has 0 unspecified atom stereocenters. The Hall–Kier alpha value is -1.37. The van der Waals surface area contributed by atoms with Crippen LogP contribution in [-0.4, -0.2) is 19.7 Å². The van der Waals surface area contributed by atoms with Crippen molar-refractivity contribution in [3.05, 3.63) is 46.3 Å². The minimum Gasteiger partial charge on any atom is -0.339 e. The highest BCUT2D eigenvalue weighted by Gasteiger charge is 2.12. The molecule has 0 spiro atoms. The Bertz CT molecular complexity index is 766. The topological polar surface area (TPSA) is 59.1 Å². The van der Waals surface area contributed by atoms with Crippen LogP contribution in [-0.2, 0) is 9.84 Å². The number of hydrogen-bond acceptors (Lipinski definition) is 4. The van der Waals surface area contributed by atoms with Gasteiger partial charge in [0.1, 0.15) is 11.6 Å². The molecular formula is C12H9Cl2FN2O2S. The van der Waals surface area contributed by atoms with Crippen LogP contribution < -0.4 is 5.32 Å². The van der Waals surface area contributed by atoms with Crippen molar-refractivity contribution in [2.75, 3.05) is 11.6 Å². The molecule has 0 amide bonds. The molecular weight excluding hydrogens is 326 g/mol. The summed E-state index contributed by atoms with van der Waals surface area (Å²) in [6, 6.07) is 5.32. The molecule has 0 aliphatic heterocycles. The van der Waals surface area contributed by atoms with E-state index in [9.17, 15) is 12.8 Å². The lowest BCUT2D eigenvalue weighted by molar-refractivity contribution is 0.601. The normalized spacial score (nSPS) is 11.4. The van der Waals surface area contributed by atoms with Crippen LogP contribution in [0.25, 0.3) is 0 Å². The smallest absolute Gasteiger partial charge is 0.177 e. The highest BCUT2D eigenvalue weighted by molar-refractivity contribution is 7.90. The van der Waals surface area contributed by atoms with Crippen molar-refractivity contribution in [3.63, 3.8) is 0 Å². The summed E-state index contributed by atoms with van der Waals surface area (Å²) in [5.41, 5.74) is 0.484. The molecule has 2 aromatic rings. The second-order valence-corrected chi connectivity index (χ2v) is 6.86. The number of nitrogens with one attached hydrogen (secondary N) is 1. The first kappa shape index (κ1) is 15.0. The molecule has 0 radical (unpaired) electrons. The van der Waals surface area contributed by atoms with Crippen LogP contribution in [0.2, 0.25) is 10.0 Å². The van der Waals surface area contributed by atoms with Gasteiger partial charge in [-0.3, -0.25) is 0 Å². The lowest BCUT2D eigenvalue weighted by Gasteiger charge is -2.09. The molecule has 1 heterocycles. The van der Waals surface area contributed by atoms with Gasteiger partial charge in [-0.25, -0.2) is 17.8 Å². The van der Waals surface area contributed by atoms with E-state index in [4.69, 9.17) is 23.2 Å². The zero-order chi connectivity index (χ0) is 14.9. The minimum absolute atomic E-state index is 0.0187. The van der Waals surface area contributed by atoms with Gasteiger partial charge in [0.2, 0.25) is 0 Å². The summed E-state index contributed by atoms with van der Waals surface area (Å²) in [5, 5.41) is 2.92. The molecule has 1 N–H and O–H groups in total. The molecule has 4 nitrogen and oxygen atoms in total. The summed E-state index contributed by atoms with van der Waals surface area (Å²) in [4.78, 5) is 3.95. The molecule has 20 heavy (non-hydrogen) atoms. The van der Waals surface area contributed by atoms with E-state index in [2.05, 4.69) is 10.3 Å². The van der Waals surface area contributed by atoms with E-state index in [1.165, 1.54) is 30.5 Å². The first-order valence-corrected chi connectivity index (χ1v) is 8.00. The van der Waals surface area contributed by atoms with Gasteiger partial charge in [0.05, 0.1) is 14.9 Å². The molecule has 0 aliphatic carbocycles. The molecule has 106 valence electrons. The molecule has 1 aromatic carbocycles. The van der Waals surface area contributed by atoms with Gasteiger partial charge in [-0.05, 0) is 24.3 Å². The highest BCUT2D eigenvalue weighted by Crippen LogP contribution is 2.27. The molecule has 1 aromatic heterocycles. The quantitative estimate of drug-likeness (QED) is 0.930. The van der Waals surface area contributed by atoms with Crippen LogP contribution in [0, 0.1) is 5.82 Å². The number of pyridine rings is 1. The average Bonchev–Trinajstić information content (AvgIpc) is 2.35. The Kier molecular flexibility index (Phi) is 4.17. The first-order valence-electron chi connectivity index (χ1n) is 5.35. The monoisotopic (exact) mass is 334 g/mol. The number of halogens is 3. The Labute approximate surface area is 125 Å². The van der Waals surface area contributed by atoms with Crippen LogP contribution in [0.1, 0.15) is 0 Å². The van der Waals surface area contributed by atoms with Gasteiger partial charge in [-0.1, -0.05) is 23.2 Å². The van der Waals surface area contributed by atoms with Crippen molar-refractivity contribution < 1.29 is 12.8 Å². The predicted octanol–water partition coefficient (Wildman–Crippen LogP) is 3.67. The summed E-state index contributed by atoms with van der Waals surface area (Å²) in [6.07, 6.45) is 2.25. The number of hydrogen-bond donors (Lipinski definition) is 1. The highest BCUT2D eigenvalue weighted by atomic mass is 35.5. The maximum absolute atomic E-state index is 13.0. The number of rotatable bonds is 3. The van der Waals surface area contributed by atoms with Crippen LogP contribution >= 0.6 is 23.2 Å². The second kappa shape index (κ2) is 5.55. The maximum atomic E-state index is 13.0. The van der Waals surface area contributed by atoms with Crippen molar-refractivity contribution >= 4 is 44.5 Å². The Morgan fingerprint density at radius 2 is 1.90 bits per heavy atom. The van der Waals surface area contributed by atoms with Crippen molar-refractivity contribution in [1.29, 1.82) is 0 Å². The maximum Gasteiger partial charge on any atom is 0.177 e. The Morgan fingerprint density at radius 1 is 1.20 bits per heavy atom. The van der Waals surface area contributed by atoms with E-state index in [1.807, 2.05) is 0 Å². The third-order valence-electron chi connectivity index (χ3n) is 2.43. The van der Waals surface area contributed by atoms with Crippen molar-refractivity contribution in [2.45, 2.75) is 4.90 Å². The van der Waals surface area contributed by atoms with Gasteiger partial charge in [0, 0.05) is 18.1 Å². The van der Waals surface area contributed by atoms with Crippen molar-refractivity contribution in [2.24, 2.45) is 0 Å². The lowest BCUT2D eigenvalue weighted by atomic mass is 10.3. The molecule has 0 bridgehead atoms. The lowest BCUT2D eigenvalue weighted by Crippen LogP contribution is -2.01. The van der Waals surface area contributed by atoms with Crippen LogP contribution in [0.4, 0.5) is 15.9 Å². The second-order valence-electron chi connectivity index (χ2n) is 4.03. The van der Waals surface area contributed by atoms with Gasteiger partial charge < -0.3 is 5.32 Å². The SMILES string of the molecule is CS(=O)(=O)c1cnc(Nc2ccc(F)c(Cl)c2)c(Cl)c1. The fourth-order valence-electron chi connectivity index (χ4n) is 1.43. The number of sulfone groups is 1. The number of anilines is 2. The van der Waals surface area contributed by atoms with E-state index in [-0.39, 0.29) is 20.8 Å². The number of benzene rings is 1. The fraction of sp³-hybridized carbons (Fsp3) is 0.0833. The van der Waals surface area contributed by atoms with Crippen molar-refractivity contribution in [3.8, 4) is 0 Å². The molecule has 0 aliphatic rings. The van der Waals surface area contributed by atoms with E-state index < -0.39 is 15.7 Å². The number of nitrogens with zero attached hydrogens (tertiary/aromatic N) is 1. The number of aromatic nitrogens is 1. The molecule has 0 saturated carbocycles. The van der Waals surface area contributed by atoms with E-state index in [0.29, 0.717) is 5.69 Å². The zero-order valence-electron chi connectivity index (χ0n) is 10.2. The standard InChI is InChI=1S/C12H9Cl2FN2O2S/c1-20(18,19)8-5-10(14)12(16-6-8)17-7-2-3-11(15)9(13)4-7/h2-6H,1H3,(H,16,17). The minimum atomic E-state index is -3.37. The first-order chi connectivity index (χ1) is 9.27. The van der Waals surface area contributed by atoms with Gasteiger partial charge >= 0.3 is 0 Å². The van der Waals surface area contributed by atoms with E-state index >= 15 is 0 Å². The molecule has 0 atom stereocenters. The molecule has 0 saturated heterocycles. The molecule has 8 heteroatoms. The van der Waals surface area contributed by atoms with Gasteiger partial charge in [0.15, 0.2) is 9.84 Å². The van der Waals surface area contributed by atoms with Gasteiger partial charge in [-0.15, -0.1) is 0 Å². The third kappa shape index (κ3) is 3.39. The van der Waals surface area contributed by atoms with Gasteiger partial charge in [-0.2, -0.15) is 0 Å². The van der Waals surface area contributed by atoms with Gasteiger partial charge in [0.25, 0.3) is 0 Å². The summed E-state index contributed by atoms with van der Waals surface area (Å²) < 4.78 is 35.8. The van der Waals surface area contributed by atoms with Crippen LogP contribution in [0.3, 0.4) is 0 Å². The Balaban J connectivity index is 2.32. The predicted molar refractivity (Wildman–Crippen MR) is 77.0 cm³/mol. The molecule has 0 fully saturated rings. The van der Waals surface area contributed by atoms with E-state index in [0.717, 1.165) is 6.26 Å². The third-order valence-corrected chi connectivity index (χ3v) is 4.08.